The molecule has 0 unspecified atom stereocenters. The van der Waals surface area contributed by atoms with E-state index in [1.54, 1.807) is 0 Å². The van der Waals surface area contributed by atoms with Crippen molar-refractivity contribution in [1.29, 1.82) is 0 Å². The van der Waals surface area contributed by atoms with Gasteiger partial charge in [-0.1, -0.05) is 0 Å². The molecule has 0 saturated heterocycles. The zero-order chi connectivity index (χ0) is 12.0. The minimum atomic E-state index is -0.0229. The summed E-state index contributed by atoms with van der Waals surface area (Å²) in [7, 11) is 0. The zero-order valence-corrected chi connectivity index (χ0v) is 10.4. The van der Waals surface area contributed by atoms with E-state index in [4.69, 9.17) is 4.42 Å². The van der Waals surface area contributed by atoms with Crippen molar-refractivity contribution in [2.24, 2.45) is 0 Å². The summed E-state index contributed by atoms with van der Waals surface area (Å²) in [6, 6.07) is 1.85. The third-order valence-electron chi connectivity index (χ3n) is 3.51. The van der Waals surface area contributed by atoms with Gasteiger partial charge in [-0.05, 0) is 56.0 Å². The first-order valence-corrected chi connectivity index (χ1v) is 5.44. The highest BCUT2D eigenvalue weighted by atomic mass is 16.3. The number of hydrogen-bond donors (Lipinski definition) is 0. The van der Waals surface area contributed by atoms with Crippen LogP contribution in [0.15, 0.2) is 10.5 Å². The van der Waals surface area contributed by atoms with Crippen LogP contribution in [0.4, 0.5) is 0 Å². The van der Waals surface area contributed by atoms with Gasteiger partial charge in [-0.25, -0.2) is 0 Å². The van der Waals surface area contributed by atoms with Crippen molar-refractivity contribution in [3.63, 3.8) is 0 Å². The maximum absolute atomic E-state index is 11.3. The van der Waals surface area contributed by atoms with Crippen LogP contribution in [0.25, 0.3) is 11.0 Å². The summed E-state index contributed by atoms with van der Waals surface area (Å²) >= 11 is 0. The van der Waals surface area contributed by atoms with Crippen molar-refractivity contribution in [3.8, 4) is 0 Å². The number of carbonyl (C=O) groups is 1. The molecule has 0 N–H and O–H groups in total. The molecule has 0 saturated carbocycles. The number of fused-ring (bicyclic) bond motifs is 1. The number of benzene rings is 1. The Bertz CT molecular complexity index is 544. The third-order valence-corrected chi connectivity index (χ3v) is 3.51. The van der Waals surface area contributed by atoms with Crippen molar-refractivity contribution in [2.75, 3.05) is 0 Å². The lowest BCUT2D eigenvalue weighted by Gasteiger charge is -2.09. The molecular weight excluding hydrogens is 200 g/mol. The van der Waals surface area contributed by atoms with Gasteiger partial charge in [0.2, 0.25) is 0 Å². The van der Waals surface area contributed by atoms with E-state index in [2.05, 4.69) is 20.8 Å². The minimum absolute atomic E-state index is 0.0229. The molecule has 1 aromatic heterocycles. The van der Waals surface area contributed by atoms with Gasteiger partial charge in [0, 0.05) is 12.3 Å². The van der Waals surface area contributed by atoms with E-state index >= 15 is 0 Å². The molecule has 0 bridgehead atoms. The Labute approximate surface area is 95.3 Å². The number of carbonyl (C=O) groups excluding carboxylic acids is 1. The maximum Gasteiger partial charge on any atom is 0.194 e. The van der Waals surface area contributed by atoms with Crippen LogP contribution < -0.4 is 0 Å². The van der Waals surface area contributed by atoms with Crippen molar-refractivity contribution >= 4 is 16.8 Å². The van der Waals surface area contributed by atoms with Gasteiger partial charge in [0.15, 0.2) is 11.5 Å². The number of ketones is 1. The number of furan rings is 1. The molecule has 84 valence electrons. The monoisotopic (exact) mass is 216 g/mol. The average molecular weight is 216 g/mol. The quantitative estimate of drug-likeness (QED) is 0.677. The molecule has 2 nitrogen and oxygen atoms in total. The molecule has 0 radical (unpaired) electrons. The summed E-state index contributed by atoms with van der Waals surface area (Å²) in [6.07, 6.45) is 0. The molecule has 0 amide bonds. The summed E-state index contributed by atoms with van der Waals surface area (Å²) in [6.45, 7) is 9.84. The molecule has 0 fully saturated rings. The van der Waals surface area contributed by atoms with E-state index in [1.807, 2.05) is 13.0 Å². The molecule has 0 aliphatic carbocycles. The summed E-state index contributed by atoms with van der Waals surface area (Å²) in [5, 5.41) is 1.06. The Morgan fingerprint density at radius 2 is 1.56 bits per heavy atom. The Morgan fingerprint density at radius 1 is 1.00 bits per heavy atom. The Morgan fingerprint density at radius 3 is 2.12 bits per heavy atom. The topological polar surface area (TPSA) is 30.2 Å². The standard InChI is InChI=1S/C14H16O2/c1-7-8(2)10(4)14-12(9(7)3)6-13(16-14)11(5)15/h6H,1-5H3. The van der Waals surface area contributed by atoms with Gasteiger partial charge < -0.3 is 4.42 Å². The Kier molecular flexibility index (Phi) is 2.38. The molecule has 0 aliphatic rings. The van der Waals surface area contributed by atoms with Crippen LogP contribution in [0, 0.1) is 27.7 Å². The Balaban J connectivity index is 2.92. The van der Waals surface area contributed by atoms with Gasteiger partial charge in [0.05, 0.1) is 0 Å². The van der Waals surface area contributed by atoms with E-state index < -0.39 is 0 Å². The molecule has 16 heavy (non-hydrogen) atoms. The molecule has 0 atom stereocenters. The molecular formula is C14H16O2. The lowest BCUT2D eigenvalue weighted by atomic mass is 9.96. The normalized spacial score (nSPS) is 11.1. The van der Waals surface area contributed by atoms with Crippen LogP contribution in [-0.4, -0.2) is 5.78 Å². The summed E-state index contributed by atoms with van der Waals surface area (Å²) in [4.78, 5) is 11.3. The van der Waals surface area contributed by atoms with E-state index in [0.717, 1.165) is 16.5 Å². The number of hydrogen-bond acceptors (Lipinski definition) is 2. The fourth-order valence-corrected chi connectivity index (χ4v) is 2.06. The highest BCUT2D eigenvalue weighted by molar-refractivity contribution is 5.98. The first-order chi connectivity index (χ1) is 7.43. The fourth-order valence-electron chi connectivity index (χ4n) is 2.06. The molecule has 0 spiro atoms. The first-order valence-electron chi connectivity index (χ1n) is 5.44. The second kappa shape index (κ2) is 3.48. The second-order valence-corrected chi connectivity index (χ2v) is 4.41. The van der Waals surface area contributed by atoms with E-state index in [-0.39, 0.29) is 5.78 Å². The smallest absolute Gasteiger partial charge is 0.194 e. The summed E-state index contributed by atoms with van der Waals surface area (Å²) in [5.41, 5.74) is 5.71. The number of Topliss-reactive ketones (excluding diaryl/α,β-unsaturated/α-hetero) is 1. The first kappa shape index (κ1) is 10.9. The van der Waals surface area contributed by atoms with Gasteiger partial charge in [0.25, 0.3) is 0 Å². The lowest BCUT2D eigenvalue weighted by molar-refractivity contribution is 0.0989. The van der Waals surface area contributed by atoms with E-state index in [9.17, 15) is 4.79 Å². The van der Waals surface area contributed by atoms with Crippen molar-refractivity contribution in [2.45, 2.75) is 34.6 Å². The van der Waals surface area contributed by atoms with Gasteiger partial charge in [-0.15, -0.1) is 0 Å². The highest BCUT2D eigenvalue weighted by Gasteiger charge is 2.15. The molecule has 0 aliphatic heterocycles. The van der Waals surface area contributed by atoms with Gasteiger partial charge in [0.1, 0.15) is 5.58 Å². The summed E-state index contributed by atoms with van der Waals surface area (Å²) < 4.78 is 5.63. The van der Waals surface area contributed by atoms with Gasteiger partial charge in [-0.3, -0.25) is 4.79 Å². The molecule has 2 aromatic rings. The molecule has 1 aromatic carbocycles. The lowest BCUT2D eigenvalue weighted by Crippen LogP contribution is -1.91. The predicted octanol–water partition coefficient (Wildman–Crippen LogP) is 3.87. The van der Waals surface area contributed by atoms with Gasteiger partial charge >= 0.3 is 0 Å². The predicted molar refractivity (Wildman–Crippen MR) is 65.2 cm³/mol. The van der Waals surface area contributed by atoms with Gasteiger partial charge in [-0.2, -0.15) is 0 Å². The highest BCUT2D eigenvalue weighted by Crippen LogP contribution is 2.31. The van der Waals surface area contributed by atoms with Crippen LogP contribution in [0.5, 0.6) is 0 Å². The van der Waals surface area contributed by atoms with Crippen LogP contribution >= 0.6 is 0 Å². The summed E-state index contributed by atoms with van der Waals surface area (Å²) in [5.74, 6) is 0.427. The van der Waals surface area contributed by atoms with Crippen LogP contribution in [-0.2, 0) is 0 Å². The molecule has 2 heteroatoms. The van der Waals surface area contributed by atoms with E-state index in [0.29, 0.717) is 5.76 Å². The fraction of sp³-hybridized carbons (Fsp3) is 0.357. The van der Waals surface area contributed by atoms with Crippen molar-refractivity contribution in [1.82, 2.24) is 0 Å². The van der Waals surface area contributed by atoms with Crippen LogP contribution in [0.1, 0.15) is 39.7 Å². The van der Waals surface area contributed by atoms with E-state index in [1.165, 1.54) is 23.6 Å². The number of aryl methyl sites for hydroxylation is 2. The third kappa shape index (κ3) is 1.37. The molecule has 2 rings (SSSR count). The van der Waals surface area contributed by atoms with Crippen LogP contribution in [0.3, 0.4) is 0 Å². The zero-order valence-electron chi connectivity index (χ0n) is 10.4. The maximum atomic E-state index is 11.3. The second-order valence-electron chi connectivity index (χ2n) is 4.41. The molecule has 1 heterocycles. The minimum Gasteiger partial charge on any atom is -0.453 e. The van der Waals surface area contributed by atoms with Crippen LogP contribution in [0.2, 0.25) is 0 Å². The SMILES string of the molecule is CC(=O)c1cc2c(C)c(C)c(C)c(C)c2o1. The average Bonchev–Trinajstić information content (AvgIpc) is 2.68. The number of rotatable bonds is 1. The van der Waals surface area contributed by atoms with Crippen molar-refractivity contribution in [3.05, 3.63) is 34.1 Å². The largest absolute Gasteiger partial charge is 0.453 e. The van der Waals surface area contributed by atoms with Crippen molar-refractivity contribution < 1.29 is 9.21 Å². The Hall–Kier alpha value is -1.57.